The second-order valence-electron chi connectivity index (χ2n) is 9.09. The number of anilines is 1. The highest BCUT2D eigenvalue weighted by Gasteiger charge is 2.18. The van der Waals surface area contributed by atoms with E-state index in [1.54, 1.807) is 36.4 Å². The summed E-state index contributed by atoms with van der Waals surface area (Å²) in [5, 5.41) is 3.04. The molecule has 0 aliphatic carbocycles. The van der Waals surface area contributed by atoms with E-state index in [4.69, 9.17) is 0 Å². The Morgan fingerprint density at radius 1 is 0.857 bits per heavy atom. The van der Waals surface area contributed by atoms with Gasteiger partial charge in [-0.3, -0.25) is 14.0 Å². The van der Waals surface area contributed by atoms with Crippen molar-refractivity contribution in [3.05, 3.63) is 101 Å². The van der Waals surface area contributed by atoms with E-state index in [0.29, 0.717) is 17.8 Å². The third-order valence-corrected chi connectivity index (χ3v) is 7.53. The minimum Gasteiger partial charge on any atom is -0.348 e. The van der Waals surface area contributed by atoms with Gasteiger partial charge in [-0.05, 0) is 66.9 Å². The molecule has 1 aliphatic heterocycles. The summed E-state index contributed by atoms with van der Waals surface area (Å²) in [6.45, 7) is 3.86. The van der Waals surface area contributed by atoms with Crippen LogP contribution >= 0.6 is 0 Å². The fraction of sp³-hybridized carbons (Fsp3) is 0.321. The monoisotopic (exact) mass is 491 g/mol. The first-order valence-corrected chi connectivity index (χ1v) is 13.9. The number of hydrogen-bond donors (Lipinski definition) is 1. The second-order valence-corrected chi connectivity index (χ2v) is 11.0. The van der Waals surface area contributed by atoms with E-state index in [-0.39, 0.29) is 12.5 Å². The molecule has 1 saturated heterocycles. The molecule has 0 spiro atoms. The van der Waals surface area contributed by atoms with Gasteiger partial charge in [-0.25, -0.2) is 8.42 Å². The van der Waals surface area contributed by atoms with Crippen molar-refractivity contribution in [2.24, 2.45) is 0 Å². The molecular weight excluding hydrogens is 458 g/mol. The number of rotatable bonds is 9. The molecule has 3 aromatic carbocycles. The van der Waals surface area contributed by atoms with Crippen molar-refractivity contribution in [3.8, 4) is 0 Å². The van der Waals surface area contributed by atoms with E-state index in [1.165, 1.54) is 35.4 Å². The number of carbonyl (C=O) groups is 1. The minimum absolute atomic E-state index is 0.146. The number of benzene rings is 3. The molecule has 0 aromatic heterocycles. The lowest BCUT2D eigenvalue weighted by Gasteiger charge is -2.27. The molecule has 0 unspecified atom stereocenters. The topological polar surface area (TPSA) is 69.7 Å². The normalized spacial score (nSPS) is 14.4. The molecule has 184 valence electrons. The Labute approximate surface area is 208 Å². The predicted molar refractivity (Wildman–Crippen MR) is 141 cm³/mol. The molecule has 1 N–H and O–H groups in total. The maximum Gasteiger partial charge on any atom is 0.251 e. The molecule has 1 heterocycles. The maximum absolute atomic E-state index is 12.8. The zero-order chi connectivity index (χ0) is 24.7. The van der Waals surface area contributed by atoms with Gasteiger partial charge in [0.25, 0.3) is 5.91 Å². The van der Waals surface area contributed by atoms with Gasteiger partial charge in [0, 0.05) is 18.7 Å². The third-order valence-electron chi connectivity index (χ3n) is 6.39. The zero-order valence-electron chi connectivity index (χ0n) is 20.2. The van der Waals surface area contributed by atoms with Crippen LogP contribution in [0.2, 0.25) is 0 Å². The SMILES string of the molecule is CS(=O)(=O)N(Cc1ccc(C(=O)NCc2ccccc2CN2CCCCC2)cc1)c1ccccc1. The molecular formula is C28H33N3O3S. The van der Waals surface area contributed by atoms with Crippen molar-refractivity contribution >= 4 is 21.6 Å². The number of likely N-dealkylation sites (tertiary alicyclic amines) is 1. The van der Waals surface area contributed by atoms with Crippen LogP contribution in [0.15, 0.2) is 78.9 Å². The van der Waals surface area contributed by atoms with E-state index in [9.17, 15) is 13.2 Å². The molecule has 3 aromatic rings. The number of nitrogens with one attached hydrogen (secondary N) is 1. The van der Waals surface area contributed by atoms with Crippen LogP contribution in [-0.4, -0.2) is 38.6 Å². The Bertz CT molecular complexity index is 1220. The Kier molecular flexibility index (Phi) is 8.21. The summed E-state index contributed by atoms with van der Waals surface area (Å²) in [7, 11) is -3.45. The molecule has 1 amide bonds. The van der Waals surface area contributed by atoms with E-state index in [1.807, 2.05) is 24.3 Å². The van der Waals surface area contributed by atoms with Gasteiger partial charge in [0.05, 0.1) is 18.5 Å². The summed E-state index contributed by atoms with van der Waals surface area (Å²) in [5.41, 5.74) is 4.36. The number of carbonyl (C=O) groups excluding carboxylic acids is 1. The van der Waals surface area contributed by atoms with Gasteiger partial charge in [-0.15, -0.1) is 0 Å². The van der Waals surface area contributed by atoms with Gasteiger partial charge in [-0.2, -0.15) is 0 Å². The molecule has 0 bridgehead atoms. The lowest BCUT2D eigenvalue weighted by Crippen LogP contribution is -2.30. The highest BCUT2D eigenvalue weighted by atomic mass is 32.2. The largest absolute Gasteiger partial charge is 0.348 e. The summed E-state index contributed by atoms with van der Waals surface area (Å²) in [6, 6.07) is 24.4. The summed E-state index contributed by atoms with van der Waals surface area (Å²) >= 11 is 0. The first-order chi connectivity index (χ1) is 16.9. The molecule has 0 radical (unpaired) electrons. The first kappa shape index (κ1) is 24.9. The summed E-state index contributed by atoms with van der Waals surface area (Å²) in [4.78, 5) is 15.3. The molecule has 6 nitrogen and oxygen atoms in total. The van der Waals surface area contributed by atoms with Crippen molar-refractivity contribution in [2.45, 2.75) is 38.9 Å². The smallest absolute Gasteiger partial charge is 0.251 e. The fourth-order valence-corrected chi connectivity index (χ4v) is 5.33. The van der Waals surface area contributed by atoms with Gasteiger partial charge in [0.1, 0.15) is 0 Å². The Morgan fingerprint density at radius 2 is 1.49 bits per heavy atom. The van der Waals surface area contributed by atoms with Crippen LogP contribution in [0.25, 0.3) is 0 Å². The van der Waals surface area contributed by atoms with Gasteiger partial charge < -0.3 is 5.32 Å². The summed E-state index contributed by atoms with van der Waals surface area (Å²) in [6.07, 6.45) is 5.01. The van der Waals surface area contributed by atoms with Crippen LogP contribution in [0.3, 0.4) is 0 Å². The highest BCUT2D eigenvalue weighted by Crippen LogP contribution is 2.21. The van der Waals surface area contributed by atoms with Crippen molar-refractivity contribution in [3.63, 3.8) is 0 Å². The van der Waals surface area contributed by atoms with Gasteiger partial charge >= 0.3 is 0 Å². The van der Waals surface area contributed by atoms with Crippen molar-refractivity contribution < 1.29 is 13.2 Å². The van der Waals surface area contributed by atoms with Crippen molar-refractivity contribution in [1.29, 1.82) is 0 Å². The average Bonchev–Trinajstić information content (AvgIpc) is 2.87. The van der Waals surface area contributed by atoms with Crippen LogP contribution in [0.1, 0.15) is 46.3 Å². The number of nitrogens with zero attached hydrogens (tertiary/aromatic N) is 2. The van der Waals surface area contributed by atoms with E-state index >= 15 is 0 Å². The number of sulfonamides is 1. The Morgan fingerprint density at radius 3 is 2.14 bits per heavy atom. The summed E-state index contributed by atoms with van der Waals surface area (Å²) < 4.78 is 26.0. The minimum atomic E-state index is -3.45. The van der Waals surface area contributed by atoms with Crippen LogP contribution in [0.4, 0.5) is 5.69 Å². The van der Waals surface area contributed by atoms with Crippen molar-refractivity contribution in [2.75, 3.05) is 23.7 Å². The van der Waals surface area contributed by atoms with E-state index in [0.717, 1.165) is 30.8 Å². The number of hydrogen-bond acceptors (Lipinski definition) is 4. The molecule has 0 atom stereocenters. The van der Waals surface area contributed by atoms with Gasteiger partial charge in [0.15, 0.2) is 0 Å². The zero-order valence-corrected chi connectivity index (χ0v) is 21.0. The third kappa shape index (κ3) is 6.93. The Hall–Kier alpha value is -3.16. The molecule has 35 heavy (non-hydrogen) atoms. The number of piperidine rings is 1. The van der Waals surface area contributed by atoms with E-state index in [2.05, 4.69) is 28.4 Å². The van der Waals surface area contributed by atoms with E-state index < -0.39 is 10.0 Å². The maximum atomic E-state index is 12.8. The first-order valence-electron chi connectivity index (χ1n) is 12.1. The fourth-order valence-electron chi connectivity index (χ4n) is 4.44. The molecule has 0 saturated carbocycles. The average molecular weight is 492 g/mol. The van der Waals surface area contributed by atoms with Gasteiger partial charge in [0.2, 0.25) is 10.0 Å². The number of amides is 1. The second kappa shape index (κ2) is 11.5. The van der Waals surface area contributed by atoms with Crippen LogP contribution in [-0.2, 0) is 29.7 Å². The number of para-hydroxylation sites is 1. The summed E-state index contributed by atoms with van der Waals surface area (Å²) in [5.74, 6) is -0.146. The van der Waals surface area contributed by atoms with Crippen molar-refractivity contribution in [1.82, 2.24) is 10.2 Å². The Balaban J connectivity index is 1.38. The molecule has 7 heteroatoms. The van der Waals surface area contributed by atoms with Gasteiger partial charge in [-0.1, -0.05) is 61.0 Å². The standard InChI is InChI=1S/C28H33N3O3S/c1-35(33,34)31(27-12-4-2-5-13-27)21-23-14-16-24(17-15-23)28(32)29-20-25-10-6-7-11-26(25)22-30-18-8-3-9-19-30/h2,4-7,10-17H,3,8-9,18-22H2,1H3,(H,29,32). The quantitative estimate of drug-likeness (QED) is 0.476. The van der Waals surface area contributed by atoms with Crippen LogP contribution in [0, 0.1) is 0 Å². The lowest BCUT2D eigenvalue weighted by molar-refractivity contribution is 0.0950. The predicted octanol–water partition coefficient (Wildman–Crippen LogP) is 4.57. The lowest BCUT2D eigenvalue weighted by atomic mass is 10.0. The highest BCUT2D eigenvalue weighted by molar-refractivity contribution is 7.92. The molecule has 1 aliphatic rings. The molecule has 1 fully saturated rings. The molecule has 4 rings (SSSR count). The van der Waals surface area contributed by atoms with Crippen LogP contribution in [0.5, 0.6) is 0 Å². The van der Waals surface area contributed by atoms with Crippen LogP contribution < -0.4 is 9.62 Å².